The molecule has 1 saturated heterocycles. The van der Waals surface area contributed by atoms with E-state index in [1.165, 1.54) is 11.0 Å². The van der Waals surface area contributed by atoms with E-state index in [4.69, 9.17) is 4.42 Å². The minimum atomic E-state index is -4.43. The monoisotopic (exact) mass is 445 g/mol. The Morgan fingerprint density at radius 3 is 2.53 bits per heavy atom. The predicted molar refractivity (Wildman–Crippen MR) is 113 cm³/mol. The Hall–Kier alpha value is -3.13. The summed E-state index contributed by atoms with van der Waals surface area (Å²) in [4.78, 5) is 27.6. The topological polar surface area (TPSA) is 70.8 Å². The molecule has 1 aliphatic heterocycles. The Bertz CT molecular complexity index is 1200. The SMILES string of the molecule is Cc1c(-c2ccccc2)oc2c(C(=O)N3CCC(C(F)(F)F)C(CO)C3)cccc2c1=O. The summed E-state index contributed by atoms with van der Waals surface area (Å²) in [6.45, 7) is 0.654. The molecule has 0 saturated carbocycles. The molecule has 1 aromatic heterocycles. The highest BCUT2D eigenvalue weighted by atomic mass is 19.4. The first kappa shape index (κ1) is 22.1. The van der Waals surface area contributed by atoms with Gasteiger partial charge in [0.25, 0.3) is 5.91 Å². The molecule has 0 spiro atoms. The minimum Gasteiger partial charge on any atom is -0.455 e. The zero-order valence-electron chi connectivity index (χ0n) is 17.4. The molecular weight excluding hydrogens is 423 g/mol. The Morgan fingerprint density at radius 1 is 1.16 bits per heavy atom. The lowest BCUT2D eigenvalue weighted by atomic mass is 9.85. The maximum absolute atomic E-state index is 13.3. The molecule has 8 heteroatoms. The Kier molecular flexibility index (Phi) is 5.81. The number of carbonyl (C=O) groups excluding carboxylic acids is 1. The van der Waals surface area contributed by atoms with E-state index in [9.17, 15) is 27.9 Å². The van der Waals surface area contributed by atoms with Gasteiger partial charge in [0.05, 0.1) is 16.9 Å². The van der Waals surface area contributed by atoms with Crippen LogP contribution in [0.15, 0.2) is 57.7 Å². The van der Waals surface area contributed by atoms with Gasteiger partial charge in [0.15, 0.2) is 11.0 Å². The van der Waals surface area contributed by atoms with Gasteiger partial charge in [-0.2, -0.15) is 13.2 Å². The van der Waals surface area contributed by atoms with Crippen molar-refractivity contribution in [2.24, 2.45) is 11.8 Å². The third-order valence-corrected chi connectivity index (χ3v) is 6.09. The summed E-state index contributed by atoms with van der Waals surface area (Å²) in [5, 5.41) is 9.73. The molecule has 1 aliphatic rings. The number of amides is 1. The first-order valence-electron chi connectivity index (χ1n) is 10.3. The number of likely N-dealkylation sites (tertiary alicyclic amines) is 1. The molecule has 5 nitrogen and oxygen atoms in total. The number of piperidine rings is 1. The first-order chi connectivity index (χ1) is 15.2. The quantitative estimate of drug-likeness (QED) is 0.649. The number of hydrogen-bond acceptors (Lipinski definition) is 4. The molecule has 4 rings (SSSR count). The zero-order chi connectivity index (χ0) is 23.0. The molecular formula is C24H22F3NO4. The van der Waals surface area contributed by atoms with Crippen LogP contribution in [0.4, 0.5) is 13.2 Å². The molecule has 32 heavy (non-hydrogen) atoms. The number of aliphatic hydroxyl groups excluding tert-OH is 1. The third kappa shape index (κ3) is 3.90. The highest BCUT2D eigenvalue weighted by Crippen LogP contribution is 2.38. The van der Waals surface area contributed by atoms with Crippen molar-refractivity contribution in [3.8, 4) is 11.3 Å². The van der Waals surface area contributed by atoms with Crippen LogP contribution in [0, 0.1) is 18.8 Å². The summed E-state index contributed by atoms with van der Waals surface area (Å²) in [6.07, 6.45) is -4.72. The molecule has 1 fully saturated rings. The molecule has 0 bridgehead atoms. The normalized spacial score (nSPS) is 19.3. The van der Waals surface area contributed by atoms with E-state index in [0.717, 1.165) is 0 Å². The molecule has 1 amide bonds. The second kappa shape index (κ2) is 8.43. The molecule has 2 aromatic carbocycles. The lowest BCUT2D eigenvalue weighted by Gasteiger charge is -2.38. The summed E-state index contributed by atoms with van der Waals surface area (Å²) in [5.41, 5.74) is 1.02. The number of fused-ring (bicyclic) bond motifs is 1. The van der Waals surface area contributed by atoms with Gasteiger partial charge in [0.1, 0.15) is 5.76 Å². The average Bonchev–Trinajstić information content (AvgIpc) is 2.80. The molecule has 0 aliphatic carbocycles. The van der Waals surface area contributed by atoms with Crippen molar-refractivity contribution >= 4 is 16.9 Å². The number of hydrogen-bond donors (Lipinski definition) is 1. The number of halogens is 3. The van der Waals surface area contributed by atoms with Gasteiger partial charge >= 0.3 is 6.18 Å². The van der Waals surface area contributed by atoms with Gasteiger partial charge in [-0.25, -0.2) is 0 Å². The lowest BCUT2D eigenvalue weighted by molar-refractivity contribution is -0.202. The Balaban J connectivity index is 1.76. The fourth-order valence-corrected chi connectivity index (χ4v) is 4.35. The van der Waals surface area contributed by atoms with Crippen molar-refractivity contribution in [1.29, 1.82) is 0 Å². The number of carbonyl (C=O) groups is 1. The number of para-hydroxylation sites is 1. The minimum absolute atomic E-state index is 0.0997. The maximum Gasteiger partial charge on any atom is 0.392 e. The van der Waals surface area contributed by atoms with Crippen LogP contribution in [0.3, 0.4) is 0 Å². The first-order valence-corrected chi connectivity index (χ1v) is 10.3. The van der Waals surface area contributed by atoms with E-state index in [1.54, 1.807) is 43.3 Å². The maximum atomic E-state index is 13.3. The summed E-state index contributed by atoms with van der Waals surface area (Å²) >= 11 is 0. The number of rotatable bonds is 3. The largest absolute Gasteiger partial charge is 0.455 e. The van der Waals surface area contributed by atoms with Crippen LogP contribution in [0.1, 0.15) is 22.3 Å². The van der Waals surface area contributed by atoms with Crippen LogP contribution in [0.2, 0.25) is 0 Å². The Morgan fingerprint density at radius 2 is 1.88 bits per heavy atom. The fourth-order valence-electron chi connectivity index (χ4n) is 4.35. The molecule has 2 atom stereocenters. The van der Waals surface area contributed by atoms with E-state index in [0.29, 0.717) is 16.9 Å². The second-order valence-corrected chi connectivity index (χ2v) is 8.06. The molecule has 1 N–H and O–H groups in total. The average molecular weight is 445 g/mol. The fraction of sp³-hybridized carbons (Fsp3) is 0.333. The molecule has 3 aromatic rings. The summed E-state index contributed by atoms with van der Waals surface area (Å²) in [6, 6.07) is 13.6. The molecule has 168 valence electrons. The van der Waals surface area contributed by atoms with E-state index >= 15 is 0 Å². The van der Waals surface area contributed by atoms with E-state index in [-0.39, 0.29) is 41.5 Å². The van der Waals surface area contributed by atoms with Gasteiger partial charge in [-0.05, 0) is 25.5 Å². The highest BCUT2D eigenvalue weighted by molar-refractivity contribution is 6.05. The van der Waals surface area contributed by atoms with Crippen molar-refractivity contribution in [1.82, 2.24) is 4.90 Å². The van der Waals surface area contributed by atoms with E-state index < -0.39 is 30.5 Å². The van der Waals surface area contributed by atoms with Crippen LogP contribution in [0.25, 0.3) is 22.3 Å². The zero-order valence-corrected chi connectivity index (χ0v) is 17.4. The van der Waals surface area contributed by atoms with Crippen LogP contribution in [-0.4, -0.2) is 41.8 Å². The van der Waals surface area contributed by atoms with E-state index in [2.05, 4.69) is 0 Å². The van der Waals surface area contributed by atoms with Gasteiger partial charge < -0.3 is 14.4 Å². The standard InChI is InChI=1S/C24H22F3NO4/c1-14-20(30)17-8-5-9-18(22(17)32-21(14)15-6-3-2-4-7-15)23(31)28-11-10-19(24(25,26)27)16(12-28)13-29/h2-9,16,19,29H,10-13H2,1H3. The lowest BCUT2D eigenvalue weighted by Crippen LogP contribution is -2.49. The van der Waals surface area contributed by atoms with Crippen LogP contribution in [0.5, 0.6) is 0 Å². The van der Waals surface area contributed by atoms with Gasteiger partial charge in [-0.1, -0.05) is 36.4 Å². The van der Waals surface area contributed by atoms with Gasteiger partial charge in [0, 0.05) is 36.7 Å². The number of aliphatic hydroxyl groups is 1. The number of benzene rings is 2. The van der Waals surface area contributed by atoms with Gasteiger partial charge in [-0.3, -0.25) is 9.59 Å². The van der Waals surface area contributed by atoms with Crippen molar-refractivity contribution < 1.29 is 27.5 Å². The third-order valence-electron chi connectivity index (χ3n) is 6.09. The second-order valence-electron chi connectivity index (χ2n) is 8.06. The van der Waals surface area contributed by atoms with Gasteiger partial charge in [0.2, 0.25) is 0 Å². The highest BCUT2D eigenvalue weighted by Gasteiger charge is 2.47. The van der Waals surface area contributed by atoms with Crippen LogP contribution >= 0.6 is 0 Å². The molecule has 0 radical (unpaired) electrons. The molecule has 2 unspecified atom stereocenters. The van der Waals surface area contributed by atoms with Crippen LogP contribution in [-0.2, 0) is 0 Å². The predicted octanol–water partition coefficient (Wildman–Crippen LogP) is 4.40. The Labute approximate surface area is 182 Å². The van der Waals surface area contributed by atoms with E-state index in [1.807, 2.05) is 6.07 Å². The van der Waals surface area contributed by atoms with Crippen LogP contribution < -0.4 is 5.43 Å². The van der Waals surface area contributed by atoms with Crippen molar-refractivity contribution in [3.63, 3.8) is 0 Å². The van der Waals surface area contributed by atoms with Crippen molar-refractivity contribution in [2.75, 3.05) is 19.7 Å². The van der Waals surface area contributed by atoms with Gasteiger partial charge in [-0.15, -0.1) is 0 Å². The smallest absolute Gasteiger partial charge is 0.392 e. The number of nitrogens with zero attached hydrogens (tertiary/aromatic N) is 1. The summed E-state index contributed by atoms with van der Waals surface area (Å²) in [5.74, 6) is -2.95. The molecule has 2 heterocycles. The van der Waals surface area contributed by atoms with Crippen molar-refractivity contribution in [3.05, 3.63) is 69.9 Å². The van der Waals surface area contributed by atoms with Crippen molar-refractivity contribution in [2.45, 2.75) is 19.5 Å². The summed E-state index contributed by atoms with van der Waals surface area (Å²) in [7, 11) is 0. The summed E-state index contributed by atoms with van der Waals surface area (Å²) < 4.78 is 45.8. The number of alkyl halides is 3.